The number of amides is 1. The van der Waals surface area contributed by atoms with E-state index in [1.54, 1.807) is 13.1 Å². The highest BCUT2D eigenvalue weighted by Gasteiger charge is 2.35. The van der Waals surface area contributed by atoms with Crippen molar-refractivity contribution < 1.29 is 27.5 Å². The molecule has 0 saturated heterocycles. The third-order valence-electron chi connectivity index (χ3n) is 4.45. The van der Waals surface area contributed by atoms with E-state index >= 15 is 0 Å². The van der Waals surface area contributed by atoms with Crippen LogP contribution in [0.2, 0.25) is 0 Å². The molecule has 0 aliphatic heterocycles. The summed E-state index contributed by atoms with van der Waals surface area (Å²) >= 11 is 0. The number of fused-ring (bicyclic) bond motifs is 1. The predicted octanol–water partition coefficient (Wildman–Crippen LogP) is 4.09. The van der Waals surface area contributed by atoms with Crippen LogP contribution in [0.25, 0.3) is 10.9 Å². The van der Waals surface area contributed by atoms with Crippen LogP contribution in [0.4, 0.5) is 13.2 Å². The quantitative estimate of drug-likeness (QED) is 0.608. The molecule has 152 valence electrons. The Balaban J connectivity index is 1.89. The number of halogens is 3. The average Bonchev–Trinajstić information content (AvgIpc) is 3.10. The molecule has 0 unspecified atom stereocenters. The van der Waals surface area contributed by atoms with Gasteiger partial charge in [0.15, 0.2) is 0 Å². The minimum absolute atomic E-state index is 0.0722. The van der Waals surface area contributed by atoms with Crippen molar-refractivity contribution >= 4 is 22.8 Å². The number of hydrogen-bond donors (Lipinski definition) is 2. The van der Waals surface area contributed by atoms with Crippen molar-refractivity contribution in [2.75, 3.05) is 6.61 Å². The van der Waals surface area contributed by atoms with Crippen LogP contribution in [-0.4, -0.2) is 29.5 Å². The fourth-order valence-corrected chi connectivity index (χ4v) is 3.12. The number of H-pyrrole nitrogens is 1. The van der Waals surface area contributed by atoms with E-state index in [4.69, 9.17) is 4.74 Å². The summed E-state index contributed by atoms with van der Waals surface area (Å²) in [5.41, 5.74) is -0.0256. The first-order chi connectivity index (χ1) is 13.8. The fraction of sp³-hybridized carbons (Fsp3) is 0.238. The van der Waals surface area contributed by atoms with Gasteiger partial charge in [0, 0.05) is 23.5 Å². The highest BCUT2D eigenvalue weighted by atomic mass is 19.4. The summed E-state index contributed by atoms with van der Waals surface area (Å²) in [6.45, 7) is 1.69. The monoisotopic (exact) mass is 404 g/mol. The van der Waals surface area contributed by atoms with E-state index in [1.807, 2.05) is 24.3 Å². The number of benzene rings is 2. The summed E-state index contributed by atoms with van der Waals surface area (Å²) in [5, 5.41) is 3.26. The number of carbonyl (C=O) groups excluding carboxylic acids is 2. The third kappa shape index (κ3) is 4.59. The number of nitrogens with one attached hydrogen (secondary N) is 2. The first kappa shape index (κ1) is 20.4. The Morgan fingerprint density at radius 3 is 2.52 bits per heavy atom. The molecule has 3 aromatic rings. The van der Waals surface area contributed by atoms with Gasteiger partial charge in [-0.15, -0.1) is 0 Å². The lowest BCUT2D eigenvalue weighted by Crippen LogP contribution is -2.43. The van der Waals surface area contributed by atoms with Crippen LogP contribution >= 0.6 is 0 Å². The topological polar surface area (TPSA) is 71.2 Å². The van der Waals surface area contributed by atoms with Gasteiger partial charge in [-0.25, -0.2) is 4.79 Å². The van der Waals surface area contributed by atoms with Crippen molar-refractivity contribution in [2.24, 2.45) is 0 Å². The fourth-order valence-electron chi connectivity index (χ4n) is 3.12. The number of alkyl halides is 3. The van der Waals surface area contributed by atoms with Gasteiger partial charge in [0.05, 0.1) is 17.7 Å². The molecular formula is C21H19F3N2O3. The Labute approximate surface area is 164 Å². The van der Waals surface area contributed by atoms with Gasteiger partial charge >= 0.3 is 12.1 Å². The molecule has 29 heavy (non-hydrogen) atoms. The van der Waals surface area contributed by atoms with Gasteiger partial charge in [-0.2, -0.15) is 13.2 Å². The molecule has 2 aromatic carbocycles. The van der Waals surface area contributed by atoms with Gasteiger partial charge in [-0.3, -0.25) is 4.79 Å². The Bertz CT molecular complexity index is 1030. The molecule has 0 aliphatic rings. The van der Waals surface area contributed by atoms with Gasteiger partial charge in [-0.05, 0) is 30.7 Å². The van der Waals surface area contributed by atoms with E-state index < -0.39 is 35.2 Å². The number of para-hydroxylation sites is 1. The Morgan fingerprint density at radius 2 is 1.79 bits per heavy atom. The van der Waals surface area contributed by atoms with Crippen LogP contribution < -0.4 is 5.32 Å². The smallest absolute Gasteiger partial charge is 0.417 e. The van der Waals surface area contributed by atoms with Crippen molar-refractivity contribution in [3.63, 3.8) is 0 Å². The maximum Gasteiger partial charge on any atom is 0.417 e. The highest BCUT2D eigenvalue weighted by molar-refractivity contribution is 5.98. The summed E-state index contributed by atoms with van der Waals surface area (Å²) in [5.74, 6) is -1.70. The summed E-state index contributed by atoms with van der Waals surface area (Å²) in [4.78, 5) is 28.0. The molecule has 1 atom stereocenters. The zero-order chi connectivity index (χ0) is 21.0. The molecule has 0 saturated carbocycles. The van der Waals surface area contributed by atoms with Gasteiger partial charge in [0.1, 0.15) is 6.04 Å². The normalized spacial score (nSPS) is 12.6. The number of aromatic amines is 1. The van der Waals surface area contributed by atoms with Crippen LogP contribution in [0, 0.1) is 0 Å². The zero-order valence-electron chi connectivity index (χ0n) is 15.5. The molecule has 0 spiro atoms. The second-order valence-corrected chi connectivity index (χ2v) is 6.39. The lowest BCUT2D eigenvalue weighted by atomic mass is 10.0. The second kappa shape index (κ2) is 8.38. The van der Waals surface area contributed by atoms with Crippen LogP contribution in [0.15, 0.2) is 54.7 Å². The van der Waals surface area contributed by atoms with Crippen molar-refractivity contribution in [1.82, 2.24) is 10.3 Å². The zero-order valence-corrected chi connectivity index (χ0v) is 15.5. The van der Waals surface area contributed by atoms with Crippen LogP contribution in [0.3, 0.4) is 0 Å². The molecule has 2 N–H and O–H groups in total. The van der Waals surface area contributed by atoms with Crippen molar-refractivity contribution in [2.45, 2.75) is 25.6 Å². The van der Waals surface area contributed by atoms with Gasteiger partial charge in [0.25, 0.3) is 5.91 Å². The number of carbonyl (C=O) groups is 2. The first-order valence-corrected chi connectivity index (χ1v) is 9.00. The Kier molecular flexibility index (Phi) is 5.91. The van der Waals surface area contributed by atoms with Gasteiger partial charge in [0.2, 0.25) is 0 Å². The third-order valence-corrected chi connectivity index (χ3v) is 4.45. The molecule has 3 rings (SSSR count). The van der Waals surface area contributed by atoms with E-state index in [9.17, 15) is 22.8 Å². The number of hydrogen-bond acceptors (Lipinski definition) is 3. The standard InChI is InChI=1S/C21H19F3N2O3/c1-2-29-20(28)18(11-13-12-25-17-10-6-4-7-14(13)17)26-19(27)15-8-3-5-9-16(15)21(22,23)24/h3-10,12,18,25H,2,11H2,1H3,(H,26,27)/t18-/m1/s1. The lowest BCUT2D eigenvalue weighted by molar-refractivity contribution is -0.145. The molecule has 0 bridgehead atoms. The molecule has 0 radical (unpaired) electrons. The number of ether oxygens (including phenoxy) is 1. The van der Waals surface area contributed by atoms with Crippen LogP contribution in [0.1, 0.15) is 28.4 Å². The average molecular weight is 404 g/mol. The number of rotatable bonds is 6. The molecule has 0 fully saturated rings. The SMILES string of the molecule is CCOC(=O)[C@@H](Cc1c[nH]c2ccccc12)NC(=O)c1ccccc1C(F)(F)F. The van der Waals surface area contributed by atoms with E-state index in [1.165, 1.54) is 12.1 Å². The minimum Gasteiger partial charge on any atom is -0.464 e. The van der Waals surface area contributed by atoms with Crippen LogP contribution in [0.5, 0.6) is 0 Å². The Hall–Kier alpha value is -3.29. The molecule has 1 amide bonds. The summed E-state index contributed by atoms with van der Waals surface area (Å²) < 4.78 is 44.7. The van der Waals surface area contributed by atoms with Crippen molar-refractivity contribution in [1.29, 1.82) is 0 Å². The molecule has 5 nitrogen and oxygen atoms in total. The Morgan fingerprint density at radius 1 is 1.10 bits per heavy atom. The second-order valence-electron chi connectivity index (χ2n) is 6.39. The van der Waals surface area contributed by atoms with Gasteiger partial charge in [-0.1, -0.05) is 30.3 Å². The van der Waals surface area contributed by atoms with E-state index in [0.717, 1.165) is 28.6 Å². The molecule has 1 heterocycles. The highest BCUT2D eigenvalue weighted by Crippen LogP contribution is 2.32. The minimum atomic E-state index is -4.69. The van der Waals surface area contributed by atoms with E-state index in [2.05, 4.69) is 10.3 Å². The molecular weight excluding hydrogens is 385 g/mol. The summed E-state index contributed by atoms with van der Waals surface area (Å²) in [6, 6.07) is 10.7. The molecule has 1 aromatic heterocycles. The summed E-state index contributed by atoms with van der Waals surface area (Å²) in [6.07, 6.45) is -2.92. The molecule has 0 aliphatic carbocycles. The van der Waals surface area contributed by atoms with Gasteiger partial charge < -0.3 is 15.0 Å². The maximum absolute atomic E-state index is 13.2. The van der Waals surface area contributed by atoms with Crippen molar-refractivity contribution in [3.8, 4) is 0 Å². The largest absolute Gasteiger partial charge is 0.464 e. The maximum atomic E-state index is 13.2. The van der Waals surface area contributed by atoms with E-state index in [-0.39, 0.29) is 13.0 Å². The number of esters is 1. The first-order valence-electron chi connectivity index (χ1n) is 9.00. The predicted molar refractivity (Wildman–Crippen MR) is 101 cm³/mol. The summed E-state index contributed by atoms with van der Waals surface area (Å²) in [7, 11) is 0. The molecule has 8 heteroatoms. The van der Waals surface area contributed by atoms with Crippen molar-refractivity contribution in [3.05, 3.63) is 71.4 Å². The number of aromatic nitrogens is 1. The lowest BCUT2D eigenvalue weighted by Gasteiger charge is -2.19. The van der Waals surface area contributed by atoms with E-state index in [0.29, 0.717) is 0 Å². The van der Waals surface area contributed by atoms with Crippen LogP contribution in [-0.2, 0) is 22.1 Å².